The van der Waals surface area contributed by atoms with Crippen LogP contribution in [0, 0.1) is 6.92 Å². The largest absolute Gasteiger partial charge is 0.416 e. The van der Waals surface area contributed by atoms with E-state index in [0.29, 0.717) is 11.4 Å². The molecule has 0 saturated carbocycles. The minimum Gasteiger partial charge on any atom is -0.322 e. The van der Waals surface area contributed by atoms with Crippen LogP contribution in [0.2, 0.25) is 0 Å². The van der Waals surface area contributed by atoms with Crippen molar-refractivity contribution in [1.29, 1.82) is 0 Å². The van der Waals surface area contributed by atoms with Gasteiger partial charge in [-0.2, -0.15) is 13.2 Å². The van der Waals surface area contributed by atoms with Crippen LogP contribution in [0.3, 0.4) is 0 Å². The first kappa shape index (κ1) is 22.0. The van der Waals surface area contributed by atoms with Gasteiger partial charge in [-0.25, -0.2) is 0 Å². The second kappa shape index (κ2) is 8.70. The van der Waals surface area contributed by atoms with E-state index in [1.54, 1.807) is 23.1 Å². The van der Waals surface area contributed by atoms with E-state index in [0.717, 1.165) is 41.1 Å². The minimum absolute atomic E-state index is 0.00444. The number of anilines is 2. The number of hydrogen-bond donors (Lipinski definition) is 1. The molecule has 0 spiro atoms. The van der Waals surface area contributed by atoms with Crippen molar-refractivity contribution in [3.8, 4) is 0 Å². The van der Waals surface area contributed by atoms with E-state index in [9.17, 15) is 22.8 Å². The van der Waals surface area contributed by atoms with Crippen molar-refractivity contribution >= 4 is 35.0 Å². The average Bonchev–Trinajstić information content (AvgIpc) is 3.15. The highest BCUT2D eigenvalue weighted by atomic mass is 32.2. The topological polar surface area (TPSA) is 49.4 Å². The van der Waals surface area contributed by atoms with Gasteiger partial charge in [0.1, 0.15) is 5.37 Å². The Morgan fingerprint density at radius 3 is 2.44 bits per heavy atom. The van der Waals surface area contributed by atoms with E-state index < -0.39 is 17.6 Å². The van der Waals surface area contributed by atoms with Crippen molar-refractivity contribution in [1.82, 2.24) is 0 Å². The Morgan fingerprint density at radius 1 is 1.03 bits per heavy atom. The molecule has 0 unspecified atom stereocenters. The second-order valence-electron chi connectivity index (χ2n) is 7.42. The number of alkyl halides is 3. The van der Waals surface area contributed by atoms with Gasteiger partial charge in [0.15, 0.2) is 0 Å². The summed E-state index contributed by atoms with van der Waals surface area (Å²) in [5.41, 5.74) is 2.50. The molecule has 4 rings (SSSR count). The maximum absolute atomic E-state index is 12.7. The Labute approximate surface area is 187 Å². The second-order valence-corrected chi connectivity index (χ2v) is 8.49. The Hall–Kier alpha value is -3.26. The zero-order chi connectivity index (χ0) is 22.9. The number of carbonyl (C=O) groups is 2. The number of halogens is 3. The van der Waals surface area contributed by atoms with Crippen molar-refractivity contribution in [2.45, 2.75) is 18.5 Å². The number of amides is 2. The summed E-state index contributed by atoms with van der Waals surface area (Å²) in [6.45, 7) is 1.96. The van der Waals surface area contributed by atoms with E-state index in [1.165, 1.54) is 11.8 Å². The van der Waals surface area contributed by atoms with Gasteiger partial charge in [0.25, 0.3) is 5.91 Å². The molecule has 1 N–H and O–H groups in total. The number of benzene rings is 3. The lowest BCUT2D eigenvalue weighted by molar-refractivity contribution is -0.137. The summed E-state index contributed by atoms with van der Waals surface area (Å²) in [5, 5.41) is 2.48. The molecule has 8 heteroatoms. The van der Waals surface area contributed by atoms with Gasteiger partial charge in [0.2, 0.25) is 5.91 Å². The van der Waals surface area contributed by atoms with Crippen molar-refractivity contribution < 1.29 is 22.8 Å². The fourth-order valence-electron chi connectivity index (χ4n) is 3.51. The molecule has 32 heavy (non-hydrogen) atoms. The Morgan fingerprint density at radius 2 is 1.75 bits per heavy atom. The fraction of sp³-hybridized carbons (Fsp3) is 0.167. The molecule has 0 radical (unpaired) electrons. The molecule has 4 nitrogen and oxygen atoms in total. The van der Waals surface area contributed by atoms with Crippen LogP contribution < -0.4 is 10.2 Å². The Bertz CT molecular complexity index is 1160. The molecule has 1 aliphatic rings. The van der Waals surface area contributed by atoms with Crippen molar-refractivity contribution in [2.24, 2.45) is 0 Å². The molecule has 0 bridgehead atoms. The van der Waals surface area contributed by atoms with Crippen LogP contribution in [0.5, 0.6) is 0 Å². The summed E-state index contributed by atoms with van der Waals surface area (Å²) in [5.74, 6) is -0.160. The van der Waals surface area contributed by atoms with E-state index in [4.69, 9.17) is 0 Å². The molecule has 1 aliphatic heterocycles. The highest BCUT2D eigenvalue weighted by molar-refractivity contribution is 8.00. The first-order valence-corrected chi connectivity index (χ1v) is 10.9. The molecule has 0 aliphatic carbocycles. The molecule has 164 valence electrons. The van der Waals surface area contributed by atoms with Gasteiger partial charge in [-0.05, 0) is 66.6 Å². The van der Waals surface area contributed by atoms with Crippen LogP contribution in [0.25, 0.3) is 0 Å². The summed E-state index contributed by atoms with van der Waals surface area (Å²) >= 11 is 1.50. The SMILES string of the molecule is Cc1cccc(N2C(=O)CS[C@H]2c2cccc(NC(=O)c3ccc(C(F)(F)F)cc3)c2)c1. The lowest BCUT2D eigenvalue weighted by Gasteiger charge is -2.25. The van der Waals surface area contributed by atoms with Crippen LogP contribution in [-0.4, -0.2) is 17.6 Å². The Kier molecular flexibility index (Phi) is 5.97. The molecule has 1 fully saturated rings. The van der Waals surface area contributed by atoms with Crippen molar-refractivity contribution in [3.63, 3.8) is 0 Å². The number of nitrogens with zero attached hydrogens (tertiary/aromatic N) is 1. The first-order chi connectivity index (χ1) is 15.2. The number of rotatable bonds is 4. The third-order valence-electron chi connectivity index (χ3n) is 5.05. The van der Waals surface area contributed by atoms with Gasteiger partial charge < -0.3 is 5.32 Å². The minimum atomic E-state index is -4.46. The smallest absolute Gasteiger partial charge is 0.322 e. The molecular formula is C24H19F3N2O2S. The van der Waals surface area contributed by atoms with Crippen LogP contribution in [-0.2, 0) is 11.0 Å². The van der Waals surface area contributed by atoms with Gasteiger partial charge in [0.05, 0.1) is 11.3 Å². The lowest BCUT2D eigenvalue weighted by Crippen LogP contribution is -2.27. The maximum Gasteiger partial charge on any atom is 0.416 e. The fourth-order valence-corrected chi connectivity index (χ4v) is 4.68. The van der Waals surface area contributed by atoms with Gasteiger partial charge in [-0.15, -0.1) is 11.8 Å². The van der Waals surface area contributed by atoms with Gasteiger partial charge in [-0.3, -0.25) is 14.5 Å². The maximum atomic E-state index is 12.7. The predicted octanol–water partition coefficient (Wildman–Crippen LogP) is 6.04. The zero-order valence-corrected chi connectivity index (χ0v) is 17.8. The van der Waals surface area contributed by atoms with E-state index in [-0.39, 0.29) is 16.8 Å². The van der Waals surface area contributed by atoms with Crippen molar-refractivity contribution in [2.75, 3.05) is 16.0 Å². The third kappa shape index (κ3) is 4.65. The van der Waals surface area contributed by atoms with Gasteiger partial charge >= 0.3 is 6.18 Å². The van der Waals surface area contributed by atoms with Gasteiger partial charge in [0, 0.05) is 16.9 Å². The molecule has 2 amide bonds. The molecule has 1 saturated heterocycles. The lowest BCUT2D eigenvalue weighted by atomic mass is 10.1. The highest BCUT2D eigenvalue weighted by Gasteiger charge is 2.34. The summed E-state index contributed by atoms with van der Waals surface area (Å²) < 4.78 is 38.2. The van der Waals surface area contributed by atoms with E-state index in [1.807, 2.05) is 37.3 Å². The first-order valence-electron chi connectivity index (χ1n) is 9.81. The zero-order valence-electron chi connectivity index (χ0n) is 17.0. The summed E-state index contributed by atoms with van der Waals surface area (Å²) in [7, 11) is 0. The quantitative estimate of drug-likeness (QED) is 0.520. The number of hydrogen-bond acceptors (Lipinski definition) is 3. The molecule has 3 aromatic carbocycles. The highest BCUT2D eigenvalue weighted by Crippen LogP contribution is 2.42. The van der Waals surface area contributed by atoms with Crippen molar-refractivity contribution in [3.05, 3.63) is 95.1 Å². The number of aryl methyl sites for hydroxylation is 1. The molecule has 1 atom stereocenters. The number of carbonyl (C=O) groups excluding carboxylic acids is 2. The molecule has 0 aromatic heterocycles. The molecule has 1 heterocycles. The normalized spacial score (nSPS) is 16.3. The standard InChI is InChI=1S/C24H19F3N2O2S/c1-15-4-2-7-20(12-15)29-21(30)14-32-23(29)17-5-3-6-19(13-17)28-22(31)16-8-10-18(11-9-16)24(25,26)27/h2-13,23H,14H2,1H3,(H,28,31)/t23-/m0/s1. The summed E-state index contributed by atoms with van der Waals surface area (Å²) in [6.07, 6.45) is -4.46. The van der Waals surface area contributed by atoms with Crippen LogP contribution in [0.15, 0.2) is 72.8 Å². The number of thioether (sulfide) groups is 1. The van der Waals surface area contributed by atoms with Crippen LogP contribution in [0.4, 0.5) is 24.5 Å². The third-order valence-corrected chi connectivity index (χ3v) is 6.26. The average molecular weight is 456 g/mol. The monoisotopic (exact) mass is 456 g/mol. The Balaban J connectivity index is 1.54. The number of nitrogens with one attached hydrogen (secondary N) is 1. The molecule has 3 aromatic rings. The summed E-state index contributed by atoms with van der Waals surface area (Å²) in [4.78, 5) is 26.8. The molecular weight excluding hydrogens is 437 g/mol. The van der Waals surface area contributed by atoms with E-state index in [2.05, 4.69) is 5.32 Å². The van der Waals surface area contributed by atoms with Crippen LogP contribution in [0.1, 0.15) is 32.4 Å². The predicted molar refractivity (Wildman–Crippen MR) is 120 cm³/mol. The summed E-state index contributed by atoms with van der Waals surface area (Å²) in [6, 6.07) is 18.9. The van der Waals surface area contributed by atoms with Crippen LogP contribution >= 0.6 is 11.8 Å². The van der Waals surface area contributed by atoms with Gasteiger partial charge in [-0.1, -0.05) is 24.3 Å². The van der Waals surface area contributed by atoms with E-state index >= 15 is 0 Å².